The third-order valence-electron chi connectivity index (χ3n) is 6.14. The summed E-state index contributed by atoms with van der Waals surface area (Å²) in [6, 6.07) is 7.18. The Hall–Kier alpha value is -2.50. The molecule has 1 fully saturated rings. The van der Waals surface area contributed by atoms with Crippen LogP contribution in [0.25, 0.3) is 0 Å². The Morgan fingerprint density at radius 3 is 2.39 bits per heavy atom. The van der Waals surface area contributed by atoms with Crippen molar-refractivity contribution in [3.05, 3.63) is 47.2 Å². The number of rotatable bonds is 13. The summed E-state index contributed by atoms with van der Waals surface area (Å²) < 4.78 is 33.3. The Labute approximate surface area is 212 Å². The van der Waals surface area contributed by atoms with Gasteiger partial charge in [0.1, 0.15) is 0 Å². The van der Waals surface area contributed by atoms with Crippen molar-refractivity contribution >= 4 is 11.9 Å². The first-order valence-electron chi connectivity index (χ1n) is 12.4. The van der Waals surface area contributed by atoms with Crippen LogP contribution in [0.1, 0.15) is 35.2 Å². The van der Waals surface area contributed by atoms with Crippen LogP contribution in [-0.2, 0) is 33.2 Å². The molecule has 1 aromatic rings. The molecular weight excluding hydrogens is 470 g/mol. The van der Waals surface area contributed by atoms with E-state index in [1.165, 1.54) is 7.11 Å². The summed E-state index contributed by atoms with van der Waals surface area (Å²) in [5.41, 5.74) is 1.38. The van der Waals surface area contributed by atoms with Crippen LogP contribution in [-0.4, -0.2) is 101 Å². The van der Waals surface area contributed by atoms with E-state index in [-0.39, 0.29) is 36.7 Å². The van der Waals surface area contributed by atoms with Crippen LogP contribution in [0, 0.1) is 5.92 Å². The van der Waals surface area contributed by atoms with Crippen molar-refractivity contribution in [1.82, 2.24) is 4.90 Å². The number of aliphatic hydroxyl groups is 1. The minimum atomic E-state index is -0.639. The summed E-state index contributed by atoms with van der Waals surface area (Å²) in [5, 5.41) is 8.80. The highest BCUT2D eigenvalue weighted by Crippen LogP contribution is 2.39. The lowest BCUT2D eigenvalue weighted by molar-refractivity contribution is -0.173. The van der Waals surface area contributed by atoms with E-state index in [0.29, 0.717) is 64.7 Å². The van der Waals surface area contributed by atoms with Crippen LogP contribution in [0.5, 0.6) is 0 Å². The molecule has 0 aromatic heterocycles. The third kappa shape index (κ3) is 7.75. The molecule has 0 unspecified atom stereocenters. The van der Waals surface area contributed by atoms with Crippen molar-refractivity contribution in [2.75, 3.05) is 73.1 Å². The lowest BCUT2D eigenvalue weighted by Crippen LogP contribution is -2.44. The lowest BCUT2D eigenvalue weighted by Gasteiger charge is -2.38. The molecule has 1 aromatic carbocycles. The summed E-state index contributed by atoms with van der Waals surface area (Å²) >= 11 is 0. The average molecular weight is 508 g/mol. The van der Waals surface area contributed by atoms with Gasteiger partial charge in [-0.2, -0.15) is 0 Å². The van der Waals surface area contributed by atoms with E-state index in [1.807, 2.05) is 25.1 Å². The molecule has 0 saturated carbocycles. The fourth-order valence-electron chi connectivity index (χ4n) is 4.30. The van der Waals surface area contributed by atoms with E-state index in [4.69, 9.17) is 33.5 Å². The first-order chi connectivity index (χ1) is 17.6. The molecule has 10 nitrogen and oxygen atoms in total. The maximum atomic E-state index is 13.3. The van der Waals surface area contributed by atoms with Gasteiger partial charge < -0.3 is 38.4 Å². The molecule has 2 aliphatic rings. The molecule has 2 aliphatic heterocycles. The van der Waals surface area contributed by atoms with Crippen molar-refractivity contribution in [2.45, 2.75) is 25.6 Å². The van der Waals surface area contributed by atoms with Gasteiger partial charge in [-0.25, -0.2) is 4.79 Å². The predicted octanol–water partition coefficient (Wildman–Crippen LogP) is 1.72. The molecule has 200 valence electrons. The molecule has 2 heterocycles. The molecule has 0 bridgehead atoms. The van der Waals surface area contributed by atoms with Gasteiger partial charge in [0.25, 0.3) is 5.91 Å². The van der Waals surface area contributed by atoms with E-state index < -0.39 is 12.3 Å². The number of hydrogen-bond acceptors (Lipinski definition) is 9. The molecule has 0 aliphatic carbocycles. The fourth-order valence-corrected chi connectivity index (χ4v) is 4.30. The van der Waals surface area contributed by atoms with Crippen LogP contribution in [0.3, 0.4) is 0 Å². The molecule has 36 heavy (non-hydrogen) atoms. The van der Waals surface area contributed by atoms with E-state index >= 15 is 0 Å². The average Bonchev–Trinajstić information content (AvgIpc) is 2.92. The Kier molecular flexibility index (Phi) is 11.6. The highest BCUT2D eigenvalue weighted by molar-refractivity contribution is 5.92. The van der Waals surface area contributed by atoms with Gasteiger partial charge in [0, 0.05) is 38.1 Å². The predicted molar refractivity (Wildman–Crippen MR) is 129 cm³/mol. The van der Waals surface area contributed by atoms with E-state index in [0.717, 1.165) is 5.56 Å². The van der Waals surface area contributed by atoms with Gasteiger partial charge in [-0.05, 0) is 37.1 Å². The van der Waals surface area contributed by atoms with Gasteiger partial charge >= 0.3 is 5.97 Å². The topological polar surface area (TPSA) is 113 Å². The molecule has 1 amide bonds. The second kappa shape index (κ2) is 14.9. The zero-order valence-corrected chi connectivity index (χ0v) is 21.1. The summed E-state index contributed by atoms with van der Waals surface area (Å²) in [4.78, 5) is 26.9. The summed E-state index contributed by atoms with van der Waals surface area (Å²) in [6.45, 7) is 5.81. The first kappa shape index (κ1) is 28.1. The van der Waals surface area contributed by atoms with E-state index in [2.05, 4.69) is 0 Å². The van der Waals surface area contributed by atoms with Crippen LogP contribution < -0.4 is 0 Å². The molecule has 1 N–H and O–H groups in total. The standard InChI is InChI=1S/C26H37NO9/c1-3-35-26-21(8-12-32-16-17-34-15-11-28)22(19-4-6-20(7-5-19)25(30)31-2)18-23(36-26)24(29)27-9-13-33-14-10-27/h4-7,18,21-22,26,28H,3,8-17H2,1-2H3/t21-,22+,26+/m1/s1. The second-order valence-corrected chi connectivity index (χ2v) is 8.42. The minimum Gasteiger partial charge on any atom is -0.465 e. The molecule has 10 heteroatoms. The van der Waals surface area contributed by atoms with Crippen molar-refractivity contribution in [3.63, 3.8) is 0 Å². The van der Waals surface area contributed by atoms with Crippen LogP contribution in [0.15, 0.2) is 36.1 Å². The molecular formula is C26H37NO9. The summed E-state index contributed by atoms with van der Waals surface area (Å²) in [5.74, 6) is -0.667. The number of esters is 1. The summed E-state index contributed by atoms with van der Waals surface area (Å²) in [6.07, 6.45) is 1.83. The highest BCUT2D eigenvalue weighted by Gasteiger charge is 2.39. The van der Waals surface area contributed by atoms with Crippen molar-refractivity contribution in [1.29, 1.82) is 0 Å². The Morgan fingerprint density at radius 2 is 1.75 bits per heavy atom. The van der Waals surface area contributed by atoms with Crippen molar-refractivity contribution in [3.8, 4) is 0 Å². The molecule has 0 spiro atoms. The number of morpholine rings is 1. The summed E-state index contributed by atoms with van der Waals surface area (Å²) in [7, 11) is 1.35. The molecule has 3 rings (SSSR count). The van der Waals surface area contributed by atoms with Crippen LogP contribution in [0.4, 0.5) is 0 Å². The minimum absolute atomic E-state index is 0.0241. The molecule has 3 atom stereocenters. The fraction of sp³-hybridized carbons (Fsp3) is 0.615. The van der Waals surface area contributed by atoms with Gasteiger partial charge in [0.05, 0.1) is 52.3 Å². The zero-order valence-electron chi connectivity index (χ0n) is 21.1. The quantitative estimate of drug-likeness (QED) is 0.315. The maximum Gasteiger partial charge on any atom is 0.337 e. The Bertz CT molecular complexity index is 851. The number of ether oxygens (including phenoxy) is 6. The largest absolute Gasteiger partial charge is 0.465 e. The zero-order chi connectivity index (χ0) is 25.8. The highest BCUT2D eigenvalue weighted by atomic mass is 16.7. The first-order valence-corrected chi connectivity index (χ1v) is 12.4. The lowest BCUT2D eigenvalue weighted by atomic mass is 9.81. The van der Waals surface area contributed by atoms with Crippen molar-refractivity contribution < 1.29 is 43.1 Å². The molecule has 0 radical (unpaired) electrons. The van der Waals surface area contributed by atoms with Gasteiger partial charge in [-0.3, -0.25) is 4.79 Å². The van der Waals surface area contributed by atoms with E-state index in [1.54, 1.807) is 17.0 Å². The Morgan fingerprint density at radius 1 is 1.06 bits per heavy atom. The van der Waals surface area contributed by atoms with Crippen molar-refractivity contribution in [2.24, 2.45) is 5.92 Å². The normalized spacial score (nSPS) is 22.0. The Balaban J connectivity index is 1.81. The van der Waals surface area contributed by atoms with Gasteiger partial charge in [0.15, 0.2) is 5.76 Å². The van der Waals surface area contributed by atoms with E-state index in [9.17, 15) is 9.59 Å². The number of benzene rings is 1. The number of carbonyl (C=O) groups is 2. The number of allylic oxidation sites excluding steroid dienone is 1. The SMILES string of the molecule is CCO[C@H]1OC(C(=O)N2CCOCC2)=C[C@@H](c2ccc(C(=O)OC)cc2)[C@H]1CCOCCOCCO. The van der Waals surface area contributed by atoms with Crippen LogP contribution in [0.2, 0.25) is 0 Å². The number of aliphatic hydroxyl groups excluding tert-OH is 1. The van der Waals surface area contributed by atoms with Gasteiger partial charge in [-0.15, -0.1) is 0 Å². The smallest absolute Gasteiger partial charge is 0.337 e. The van der Waals surface area contributed by atoms with Gasteiger partial charge in [-0.1, -0.05) is 12.1 Å². The maximum absolute atomic E-state index is 13.3. The second-order valence-electron chi connectivity index (χ2n) is 8.42. The monoisotopic (exact) mass is 507 g/mol. The van der Waals surface area contributed by atoms with Crippen LogP contribution >= 0.6 is 0 Å². The van der Waals surface area contributed by atoms with Gasteiger partial charge in [0.2, 0.25) is 6.29 Å². The number of carbonyl (C=O) groups excluding carboxylic acids is 2. The number of amides is 1. The third-order valence-corrected chi connectivity index (χ3v) is 6.14. The number of nitrogens with zero attached hydrogens (tertiary/aromatic N) is 1. The number of methoxy groups -OCH3 is 1. The number of hydrogen-bond donors (Lipinski definition) is 1. The molecule has 1 saturated heterocycles.